The zero-order valence-corrected chi connectivity index (χ0v) is 12.8. The molecule has 8 heteroatoms. The Morgan fingerprint density at radius 2 is 2.32 bits per heavy atom. The first-order valence-corrected chi connectivity index (χ1v) is 6.93. The molecule has 22 heavy (non-hydrogen) atoms. The number of nitrogens with one attached hydrogen (secondary N) is 1. The first-order valence-electron chi connectivity index (χ1n) is 6.93. The number of fused-ring (bicyclic) bond motifs is 1. The molecule has 118 valence electrons. The summed E-state index contributed by atoms with van der Waals surface area (Å²) < 4.78 is 1.36. The topological polar surface area (TPSA) is 109 Å². The molecule has 0 aliphatic heterocycles. The molecular formula is C14H20N6O2. The number of carbonyl (C=O) groups excluding carboxylic acids is 1. The fourth-order valence-corrected chi connectivity index (χ4v) is 2.00. The summed E-state index contributed by atoms with van der Waals surface area (Å²) in [5, 5.41) is 18.2. The van der Waals surface area contributed by atoms with E-state index in [4.69, 9.17) is 5.73 Å². The van der Waals surface area contributed by atoms with Crippen LogP contribution in [0, 0.1) is 0 Å². The zero-order chi connectivity index (χ0) is 16.3. The summed E-state index contributed by atoms with van der Waals surface area (Å²) in [5.41, 5.74) is 8.04. The van der Waals surface area contributed by atoms with Crippen molar-refractivity contribution in [2.75, 3.05) is 24.6 Å². The van der Waals surface area contributed by atoms with Crippen LogP contribution in [0.3, 0.4) is 0 Å². The van der Waals surface area contributed by atoms with Gasteiger partial charge in [-0.15, -0.1) is 0 Å². The van der Waals surface area contributed by atoms with Gasteiger partial charge in [0.15, 0.2) is 5.82 Å². The number of nitrogens with two attached hydrogens (primary N) is 1. The predicted molar refractivity (Wildman–Crippen MR) is 85.5 cm³/mol. The Bertz CT molecular complexity index is 753. The number of anilines is 2. The highest BCUT2D eigenvalue weighted by molar-refractivity contribution is 5.84. The van der Waals surface area contributed by atoms with E-state index in [1.807, 2.05) is 6.92 Å². The van der Waals surface area contributed by atoms with E-state index in [-0.39, 0.29) is 5.82 Å². The minimum Gasteiger partial charge on any atom is -0.381 e. The molecule has 8 nitrogen and oxygen atoms in total. The van der Waals surface area contributed by atoms with Gasteiger partial charge in [0.1, 0.15) is 6.23 Å². The first-order chi connectivity index (χ1) is 10.5. The number of nitrogens with zero attached hydrogens (tertiary/aromatic N) is 4. The van der Waals surface area contributed by atoms with Crippen LogP contribution in [0.5, 0.6) is 0 Å². The van der Waals surface area contributed by atoms with Crippen molar-refractivity contribution in [3.63, 3.8) is 0 Å². The molecule has 1 atom stereocenters. The molecule has 0 radical (unpaired) electrons. The van der Waals surface area contributed by atoms with Crippen molar-refractivity contribution in [2.24, 2.45) is 5.10 Å². The number of aliphatic hydroxyl groups excluding tert-OH is 1. The fourth-order valence-electron chi connectivity index (χ4n) is 2.00. The smallest absolute Gasteiger partial charge is 0.220 e. The highest BCUT2D eigenvalue weighted by Gasteiger charge is 2.09. The van der Waals surface area contributed by atoms with E-state index in [0.717, 1.165) is 0 Å². The summed E-state index contributed by atoms with van der Waals surface area (Å²) in [6.45, 7) is 4.22. The number of benzene rings is 1. The third-order valence-corrected chi connectivity index (χ3v) is 3.14. The van der Waals surface area contributed by atoms with E-state index in [2.05, 4.69) is 15.4 Å². The predicted octanol–water partition coefficient (Wildman–Crippen LogP) is 0.174. The molecule has 2 rings (SSSR count). The van der Waals surface area contributed by atoms with Crippen LogP contribution in [0.15, 0.2) is 23.3 Å². The van der Waals surface area contributed by atoms with E-state index in [1.54, 1.807) is 37.2 Å². The van der Waals surface area contributed by atoms with Gasteiger partial charge in [0.2, 0.25) is 11.9 Å². The van der Waals surface area contributed by atoms with Crippen molar-refractivity contribution in [1.29, 1.82) is 0 Å². The summed E-state index contributed by atoms with van der Waals surface area (Å²) in [5.74, 6) is 0.161. The molecule has 0 aliphatic carbocycles. The molecule has 0 aliphatic rings. The van der Waals surface area contributed by atoms with E-state index in [0.29, 0.717) is 35.2 Å². The Morgan fingerprint density at radius 1 is 1.59 bits per heavy atom. The molecule has 2 aromatic rings. The maximum atomic E-state index is 11.5. The lowest BCUT2D eigenvalue weighted by molar-refractivity contribution is 0.224. The van der Waals surface area contributed by atoms with Crippen LogP contribution in [0.4, 0.5) is 11.5 Å². The fraction of sp³-hybridized carbons (Fsp3) is 0.357. The summed E-state index contributed by atoms with van der Waals surface area (Å²) in [7, 11) is 1.79. The van der Waals surface area contributed by atoms with E-state index < -0.39 is 6.23 Å². The number of hydrogen-bond acceptors (Lipinski definition) is 7. The zero-order valence-electron chi connectivity index (χ0n) is 12.8. The number of aliphatic hydroxyl groups is 1. The van der Waals surface area contributed by atoms with Gasteiger partial charge >= 0.3 is 0 Å². The van der Waals surface area contributed by atoms with Crippen LogP contribution in [0.25, 0.3) is 11.0 Å². The maximum Gasteiger partial charge on any atom is 0.220 e. The molecule has 1 heterocycles. The second-order valence-electron chi connectivity index (χ2n) is 4.89. The van der Waals surface area contributed by atoms with Crippen molar-refractivity contribution in [1.82, 2.24) is 14.6 Å². The van der Waals surface area contributed by atoms with Gasteiger partial charge < -0.3 is 16.2 Å². The molecule has 1 unspecified atom stereocenters. The largest absolute Gasteiger partial charge is 0.381 e. The minimum atomic E-state index is -0.694. The number of nitrogen functional groups attached to an aromatic ring is 1. The summed E-state index contributed by atoms with van der Waals surface area (Å²) in [6.07, 6.45) is -0.0368. The van der Waals surface area contributed by atoms with Crippen molar-refractivity contribution in [3.8, 4) is 0 Å². The van der Waals surface area contributed by atoms with Crippen molar-refractivity contribution < 1.29 is 9.90 Å². The van der Waals surface area contributed by atoms with Crippen LogP contribution in [0.2, 0.25) is 0 Å². The second kappa shape index (κ2) is 6.44. The number of carbonyl (C=O) groups is 1. The molecule has 0 saturated heterocycles. The lowest BCUT2D eigenvalue weighted by Gasteiger charge is -2.13. The summed E-state index contributed by atoms with van der Waals surface area (Å²) >= 11 is 0. The van der Waals surface area contributed by atoms with E-state index in [1.165, 1.54) is 4.57 Å². The number of aromatic nitrogens is 2. The average Bonchev–Trinajstić information content (AvgIpc) is 2.47. The van der Waals surface area contributed by atoms with Crippen LogP contribution < -0.4 is 16.5 Å². The molecule has 0 amide bonds. The first kappa shape index (κ1) is 15.8. The number of rotatable bonds is 5. The van der Waals surface area contributed by atoms with Crippen molar-refractivity contribution in [2.45, 2.75) is 20.1 Å². The number of hydrogen-bond donors (Lipinski definition) is 3. The molecule has 1 aromatic heterocycles. The third-order valence-electron chi connectivity index (χ3n) is 3.14. The Labute approximate surface area is 127 Å². The maximum absolute atomic E-state index is 11.5. The van der Waals surface area contributed by atoms with Gasteiger partial charge in [-0.2, -0.15) is 5.10 Å². The van der Waals surface area contributed by atoms with Gasteiger partial charge in [-0.25, -0.2) is 4.98 Å². The highest BCUT2D eigenvalue weighted by Crippen LogP contribution is 2.17. The van der Waals surface area contributed by atoms with Crippen LogP contribution in [-0.2, 0) is 4.79 Å². The summed E-state index contributed by atoms with van der Waals surface area (Å²) in [6, 6.07) is 5.19. The van der Waals surface area contributed by atoms with Crippen LogP contribution in [-0.4, -0.2) is 45.9 Å². The third kappa shape index (κ3) is 3.17. The van der Waals surface area contributed by atoms with Gasteiger partial charge in [0, 0.05) is 19.3 Å². The Kier molecular flexibility index (Phi) is 4.62. The quantitative estimate of drug-likeness (QED) is 0.413. The molecule has 0 fully saturated rings. The standard InChI is InChI=1S/C14H20N6O2/c1-4-19(3)18-14-13(15)17-11-7-10(16-9(2)22)5-6-12(11)20(14)8-21/h5-9,16,22H,4H2,1-3H3,(H2,15,17)/b18-14-. The molecule has 4 N–H and O–H groups in total. The minimum absolute atomic E-state index is 0.161. The van der Waals surface area contributed by atoms with Crippen molar-refractivity contribution in [3.05, 3.63) is 23.7 Å². The molecule has 0 spiro atoms. The molecule has 0 saturated carbocycles. The lowest BCUT2D eigenvalue weighted by atomic mass is 10.2. The van der Waals surface area contributed by atoms with Gasteiger partial charge in [0.25, 0.3) is 0 Å². The molecule has 1 aromatic carbocycles. The monoisotopic (exact) mass is 304 g/mol. The van der Waals surface area contributed by atoms with Gasteiger partial charge in [-0.3, -0.25) is 14.4 Å². The SMILES string of the molecule is CCN(C)/N=c1/c(N)nc2cc(NC(C)O)ccc2n1C=O. The van der Waals surface area contributed by atoms with Gasteiger partial charge in [0.05, 0.1) is 11.0 Å². The molecule has 0 bridgehead atoms. The van der Waals surface area contributed by atoms with E-state index in [9.17, 15) is 9.90 Å². The van der Waals surface area contributed by atoms with Gasteiger partial charge in [-0.1, -0.05) is 0 Å². The Balaban J connectivity index is 2.69. The Morgan fingerprint density at radius 3 is 2.91 bits per heavy atom. The van der Waals surface area contributed by atoms with E-state index >= 15 is 0 Å². The molecular weight excluding hydrogens is 284 g/mol. The second-order valence-corrected chi connectivity index (χ2v) is 4.89. The summed E-state index contributed by atoms with van der Waals surface area (Å²) in [4.78, 5) is 15.8. The van der Waals surface area contributed by atoms with Crippen LogP contribution in [0.1, 0.15) is 13.8 Å². The van der Waals surface area contributed by atoms with Crippen molar-refractivity contribution >= 4 is 28.9 Å². The van der Waals surface area contributed by atoms with Crippen LogP contribution >= 0.6 is 0 Å². The average molecular weight is 304 g/mol. The highest BCUT2D eigenvalue weighted by atomic mass is 16.3. The Hall–Kier alpha value is -2.61. The van der Waals surface area contributed by atoms with Gasteiger partial charge in [-0.05, 0) is 32.0 Å². The normalized spacial score (nSPS) is 13.2. The lowest BCUT2D eigenvalue weighted by Crippen LogP contribution is -2.29.